The third-order valence-electron chi connectivity index (χ3n) is 2.66. The van der Waals surface area contributed by atoms with E-state index in [0.717, 1.165) is 17.8 Å². The zero-order valence-electron chi connectivity index (χ0n) is 9.13. The van der Waals surface area contributed by atoms with Gasteiger partial charge in [-0.05, 0) is 31.0 Å². The molecule has 1 aliphatic rings. The molecule has 2 N–H and O–H groups in total. The highest BCUT2D eigenvalue weighted by atomic mass is 16.1. The van der Waals surface area contributed by atoms with Gasteiger partial charge in [0, 0.05) is 12.5 Å². The number of rotatable bonds is 1. The SMILES string of the molecule is CCc1ccc2c(c1)NC(=O)CC(C)N2. The van der Waals surface area contributed by atoms with E-state index in [2.05, 4.69) is 23.6 Å². The van der Waals surface area contributed by atoms with Crippen LogP contribution in [0.1, 0.15) is 25.8 Å². The van der Waals surface area contributed by atoms with Crippen molar-refractivity contribution in [3.63, 3.8) is 0 Å². The Kier molecular flexibility index (Phi) is 2.62. The van der Waals surface area contributed by atoms with Crippen molar-refractivity contribution in [1.82, 2.24) is 0 Å². The van der Waals surface area contributed by atoms with Gasteiger partial charge in [0.25, 0.3) is 0 Å². The number of hydrogen-bond acceptors (Lipinski definition) is 2. The zero-order valence-corrected chi connectivity index (χ0v) is 9.13. The first kappa shape index (κ1) is 10.0. The monoisotopic (exact) mass is 204 g/mol. The molecule has 0 saturated heterocycles. The van der Waals surface area contributed by atoms with E-state index in [9.17, 15) is 4.79 Å². The number of hydrogen-bond donors (Lipinski definition) is 2. The van der Waals surface area contributed by atoms with Crippen molar-refractivity contribution >= 4 is 17.3 Å². The molecule has 1 aliphatic heterocycles. The lowest BCUT2D eigenvalue weighted by Gasteiger charge is -2.12. The Hall–Kier alpha value is -1.51. The van der Waals surface area contributed by atoms with E-state index in [1.807, 2.05) is 19.1 Å². The van der Waals surface area contributed by atoms with Crippen LogP contribution in [0, 0.1) is 0 Å². The molecule has 1 aromatic rings. The summed E-state index contributed by atoms with van der Waals surface area (Å²) in [6.45, 7) is 4.12. The van der Waals surface area contributed by atoms with E-state index in [0.29, 0.717) is 6.42 Å². The molecule has 15 heavy (non-hydrogen) atoms. The second-order valence-corrected chi connectivity index (χ2v) is 4.03. The maximum Gasteiger partial charge on any atom is 0.226 e. The first-order valence-corrected chi connectivity index (χ1v) is 5.38. The Morgan fingerprint density at radius 3 is 2.93 bits per heavy atom. The molecule has 0 bridgehead atoms. The van der Waals surface area contributed by atoms with Gasteiger partial charge in [0.15, 0.2) is 0 Å². The maximum absolute atomic E-state index is 11.5. The molecule has 1 unspecified atom stereocenters. The molecule has 80 valence electrons. The van der Waals surface area contributed by atoms with Crippen LogP contribution in [0.4, 0.5) is 11.4 Å². The van der Waals surface area contributed by atoms with Crippen molar-refractivity contribution in [2.45, 2.75) is 32.7 Å². The van der Waals surface area contributed by atoms with E-state index in [4.69, 9.17) is 0 Å². The molecule has 2 rings (SSSR count). The number of anilines is 2. The van der Waals surface area contributed by atoms with Gasteiger partial charge in [-0.2, -0.15) is 0 Å². The van der Waals surface area contributed by atoms with Crippen LogP contribution in [-0.4, -0.2) is 11.9 Å². The summed E-state index contributed by atoms with van der Waals surface area (Å²) in [5, 5.41) is 6.25. The van der Waals surface area contributed by atoms with E-state index in [1.54, 1.807) is 0 Å². The molecular formula is C12H16N2O. The molecule has 0 fully saturated rings. The van der Waals surface area contributed by atoms with Crippen LogP contribution < -0.4 is 10.6 Å². The van der Waals surface area contributed by atoms with E-state index < -0.39 is 0 Å². The van der Waals surface area contributed by atoms with Crippen LogP contribution >= 0.6 is 0 Å². The van der Waals surface area contributed by atoms with Crippen molar-refractivity contribution in [1.29, 1.82) is 0 Å². The summed E-state index contributed by atoms with van der Waals surface area (Å²) in [5.74, 6) is 0.0852. The van der Waals surface area contributed by atoms with Crippen LogP contribution in [0.2, 0.25) is 0 Å². The molecule has 3 heteroatoms. The summed E-state index contributed by atoms with van der Waals surface area (Å²) in [7, 11) is 0. The van der Waals surface area contributed by atoms with Crippen LogP contribution in [0.15, 0.2) is 18.2 Å². The van der Waals surface area contributed by atoms with Crippen molar-refractivity contribution < 1.29 is 4.79 Å². The van der Waals surface area contributed by atoms with Gasteiger partial charge in [-0.25, -0.2) is 0 Å². The quantitative estimate of drug-likeness (QED) is 0.737. The smallest absolute Gasteiger partial charge is 0.226 e. The van der Waals surface area contributed by atoms with E-state index in [-0.39, 0.29) is 11.9 Å². The Bertz CT molecular complexity index is 387. The summed E-state index contributed by atoms with van der Waals surface area (Å²) in [5.41, 5.74) is 3.17. The molecular weight excluding hydrogens is 188 g/mol. The number of nitrogens with one attached hydrogen (secondary N) is 2. The molecule has 1 amide bonds. The Balaban J connectivity index is 2.37. The fourth-order valence-corrected chi connectivity index (χ4v) is 1.84. The summed E-state index contributed by atoms with van der Waals surface area (Å²) < 4.78 is 0. The standard InChI is InChI=1S/C12H16N2O/c1-3-9-4-5-10-11(7-9)14-12(15)6-8(2)13-10/h4-5,7-8,13H,3,6H2,1-2H3,(H,14,15). The van der Waals surface area contributed by atoms with Gasteiger partial charge < -0.3 is 10.6 Å². The molecule has 1 heterocycles. The highest BCUT2D eigenvalue weighted by molar-refractivity contribution is 5.96. The predicted octanol–water partition coefficient (Wildman–Crippen LogP) is 2.39. The number of carbonyl (C=O) groups excluding carboxylic acids is 1. The summed E-state index contributed by atoms with van der Waals surface area (Å²) >= 11 is 0. The van der Waals surface area contributed by atoms with Crippen molar-refractivity contribution in [3.8, 4) is 0 Å². The van der Waals surface area contributed by atoms with E-state index in [1.165, 1.54) is 5.56 Å². The minimum Gasteiger partial charge on any atom is -0.380 e. The van der Waals surface area contributed by atoms with Crippen LogP contribution in [0.5, 0.6) is 0 Å². The van der Waals surface area contributed by atoms with Gasteiger partial charge >= 0.3 is 0 Å². The zero-order chi connectivity index (χ0) is 10.8. The highest BCUT2D eigenvalue weighted by Crippen LogP contribution is 2.27. The Morgan fingerprint density at radius 1 is 1.40 bits per heavy atom. The second kappa shape index (κ2) is 3.93. The number of fused-ring (bicyclic) bond motifs is 1. The van der Waals surface area contributed by atoms with Crippen LogP contribution in [-0.2, 0) is 11.2 Å². The highest BCUT2D eigenvalue weighted by Gasteiger charge is 2.17. The van der Waals surface area contributed by atoms with Crippen molar-refractivity contribution in [3.05, 3.63) is 23.8 Å². The minimum absolute atomic E-state index is 0.0852. The summed E-state index contributed by atoms with van der Waals surface area (Å²) in [4.78, 5) is 11.5. The lowest BCUT2D eigenvalue weighted by molar-refractivity contribution is -0.116. The topological polar surface area (TPSA) is 41.1 Å². The first-order valence-electron chi connectivity index (χ1n) is 5.38. The maximum atomic E-state index is 11.5. The molecule has 0 radical (unpaired) electrons. The third kappa shape index (κ3) is 2.12. The molecule has 1 atom stereocenters. The third-order valence-corrected chi connectivity index (χ3v) is 2.66. The van der Waals surface area contributed by atoms with Gasteiger partial charge in [0.05, 0.1) is 11.4 Å². The summed E-state index contributed by atoms with van der Waals surface area (Å²) in [6.07, 6.45) is 1.51. The molecule has 0 spiro atoms. The van der Waals surface area contributed by atoms with Gasteiger partial charge in [0.2, 0.25) is 5.91 Å². The minimum atomic E-state index is 0.0852. The first-order chi connectivity index (χ1) is 7.19. The number of carbonyl (C=O) groups is 1. The van der Waals surface area contributed by atoms with Crippen LogP contribution in [0.25, 0.3) is 0 Å². The second-order valence-electron chi connectivity index (χ2n) is 4.03. The predicted molar refractivity (Wildman–Crippen MR) is 62.2 cm³/mol. The number of amides is 1. The Morgan fingerprint density at radius 2 is 2.20 bits per heavy atom. The molecule has 0 aliphatic carbocycles. The van der Waals surface area contributed by atoms with Gasteiger partial charge in [-0.15, -0.1) is 0 Å². The number of aryl methyl sites for hydroxylation is 1. The molecule has 3 nitrogen and oxygen atoms in total. The normalized spacial score (nSPS) is 19.9. The molecule has 1 aromatic carbocycles. The average molecular weight is 204 g/mol. The Labute approximate surface area is 89.9 Å². The molecule has 0 saturated carbocycles. The van der Waals surface area contributed by atoms with Crippen LogP contribution in [0.3, 0.4) is 0 Å². The molecule has 0 aromatic heterocycles. The average Bonchev–Trinajstić information content (AvgIpc) is 2.33. The fraction of sp³-hybridized carbons (Fsp3) is 0.417. The van der Waals surface area contributed by atoms with Gasteiger partial charge in [0.1, 0.15) is 0 Å². The fourth-order valence-electron chi connectivity index (χ4n) is 1.84. The largest absolute Gasteiger partial charge is 0.380 e. The summed E-state index contributed by atoms with van der Waals surface area (Å²) in [6, 6.07) is 6.36. The van der Waals surface area contributed by atoms with Gasteiger partial charge in [-0.3, -0.25) is 4.79 Å². The van der Waals surface area contributed by atoms with Gasteiger partial charge in [-0.1, -0.05) is 13.0 Å². The van der Waals surface area contributed by atoms with Crippen molar-refractivity contribution in [2.24, 2.45) is 0 Å². The lowest BCUT2D eigenvalue weighted by Crippen LogP contribution is -2.18. The lowest BCUT2D eigenvalue weighted by atomic mass is 10.1. The van der Waals surface area contributed by atoms with E-state index >= 15 is 0 Å². The van der Waals surface area contributed by atoms with Crippen molar-refractivity contribution in [2.75, 3.05) is 10.6 Å². The number of benzene rings is 1.